The Balaban J connectivity index is 1.55. The van der Waals surface area contributed by atoms with Gasteiger partial charge in [0.15, 0.2) is 0 Å². The van der Waals surface area contributed by atoms with Gasteiger partial charge in [-0.15, -0.1) is 0 Å². The van der Waals surface area contributed by atoms with Crippen LogP contribution in [0.4, 0.5) is 5.82 Å². The third kappa shape index (κ3) is 5.35. The first kappa shape index (κ1) is 24.4. The predicted octanol–water partition coefficient (Wildman–Crippen LogP) is 3.58. The number of carbonyl (C=O) groups excluding carboxylic acids is 1. The lowest BCUT2D eigenvalue weighted by molar-refractivity contribution is -0.130. The van der Waals surface area contributed by atoms with Crippen LogP contribution in [-0.4, -0.2) is 56.7 Å². The van der Waals surface area contributed by atoms with E-state index in [2.05, 4.69) is 51.3 Å². The number of H-pyrrole nitrogens is 1. The summed E-state index contributed by atoms with van der Waals surface area (Å²) in [4.78, 5) is 28.0. The van der Waals surface area contributed by atoms with E-state index in [-0.39, 0.29) is 24.1 Å². The normalized spacial score (nSPS) is 17.0. The molecule has 1 atom stereocenters. The third-order valence-corrected chi connectivity index (χ3v) is 6.55. The van der Waals surface area contributed by atoms with Crippen LogP contribution in [0.3, 0.4) is 0 Å². The third-order valence-electron chi connectivity index (χ3n) is 6.29. The molecule has 0 bridgehead atoms. The zero-order valence-corrected chi connectivity index (χ0v) is 20.7. The summed E-state index contributed by atoms with van der Waals surface area (Å²) in [7, 11) is 0. The lowest BCUT2D eigenvalue weighted by Crippen LogP contribution is -2.66. The first-order chi connectivity index (χ1) is 16.2. The van der Waals surface area contributed by atoms with Crippen LogP contribution in [0.1, 0.15) is 51.6 Å². The van der Waals surface area contributed by atoms with Crippen molar-refractivity contribution in [3.8, 4) is 0 Å². The molecule has 0 saturated carbocycles. The van der Waals surface area contributed by atoms with Gasteiger partial charge >= 0.3 is 0 Å². The molecule has 3 aromatic rings. The Labute approximate surface area is 205 Å². The molecule has 0 unspecified atom stereocenters. The first-order valence-corrected chi connectivity index (χ1v) is 12.1. The second-order valence-electron chi connectivity index (χ2n) is 9.97. The Kier molecular flexibility index (Phi) is 7.12. The van der Waals surface area contributed by atoms with Crippen LogP contribution < -0.4 is 15.5 Å². The van der Waals surface area contributed by atoms with E-state index in [0.717, 1.165) is 22.4 Å². The summed E-state index contributed by atoms with van der Waals surface area (Å²) in [5, 5.41) is 18.1. The molecular weight excluding hydrogens is 452 g/mol. The Morgan fingerprint density at radius 2 is 1.91 bits per heavy atom. The molecule has 8 nitrogen and oxygen atoms in total. The molecule has 9 heteroatoms. The number of piperidine rings is 1. The highest BCUT2D eigenvalue weighted by Crippen LogP contribution is 2.32. The molecule has 1 aliphatic rings. The van der Waals surface area contributed by atoms with E-state index in [1.54, 1.807) is 18.5 Å². The summed E-state index contributed by atoms with van der Waals surface area (Å²) in [5.41, 5.74) is 0.738. The highest BCUT2D eigenvalue weighted by Gasteiger charge is 2.44. The molecule has 34 heavy (non-hydrogen) atoms. The molecule has 3 heterocycles. The number of benzene rings is 1. The van der Waals surface area contributed by atoms with Crippen molar-refractivity contribution >= 4 is 34.4 Å². The van der Waals surface area contributed by atoms with E-state index < -0.39 is 5.54 Å². The zero-order valence-electron chi connectivity index (χ0n) is 19.9. The summed E-state index contributed by atoms with van der Waals surface area (Å²) < 4.78 is 0. The molecule has 182 valence electrons. The van der Waals surface area contributed by atoms with Crippen molar-refractivity contribution in [3.63, 3.8) is 0 Å². The van der Waals surface area contributed by atoms with Crippen molar-refractivity contribution in [2.75, 3.05) is 24.6 Å². The molecular formula is C25H33ClN6O2. The van der Waals surface area contributed by atoms with E-state index in [0.29, 0.717) is 37.4 Å². The van der Waals surface area contributed by atoms with E-state index in [9.17, 15) is 9.90 Å². The number of hydrogen-bond acceptors (Lipinski definition) is 6. The largest absolute Gasteiger partial charge is 0.396 e. The number of rotatable bonds is 7. The maximum atomic E-state index is 13.8. The summed E-state index contributed by atoms with van der Waals surface area (Å²) in [5.74, 6) is 0.834. The minimum absolute atomic E-state index is 0.0264. The molecule has 1 aromatic carbocycles. The number of aliphatic hydroxyl groups excluding tert-OH is 1. The van der Waals surface area contributed by atoms with Crippen molar-refractivity contribution in [1.82, 2.24) is 25.6 Å². The van der Waals surface area contributed by atoms with Crippen LogP contribution in [0.25, 0.3) is 11.0 Å². The Bertz CT molecular complexity index is 1120. The number of fused-ring (bicyclic) bond motifs is 1. The standard InChI is InChI=1S/C25H33ClN6O2/c1-24(2,3)31-25(23(34)30-20(9-15-33)17-4-6-18(26)7-5-17)10-13-32(14-11-25)22-19-8-12-27-21(19)28-16-29-22/h4-8,12,16,20,31,33H,9-11,13-15H2,1-3H3,(H,30,34)(H,27,28,29)/t20-/m0/s1. The number of aliphatic hydroxyl groups is 1. The molecule has 0 radical (unpaired) electrons. The first-order valence-electron chi connectivity index (χ1n) is 11.7. The molecule has 4 N–H and O–H groups in total. The molecule has 1 fully saturated rings. The van der Waals surface area contributed by atoms with Crippen LogP contribution >= 0.6 is 11.6 Å². The number of carbonyl (C=O) groups is 1. The van der Waals surface area contributed by atoms with Gasteiger partial charge in [-0.1, -0.05) is 23.7 Å². The van der Waals surface area contributed by atoms with Gasteiger partial charge in [0.25, 0.3) is 0 Å². The Hall–Kier alpha value is -2.68. The van der Waals surface area contributed by atoms with Crippen molar-refractivity contribution in [3.05, 3.63) is 53.4 Å². The molecule has 4 rings (SSSR count). The van der Waals surface area contributed by atoms with Gasteiger partial charge in [-0.2, -0.15) is 0 Å². The van der Waals surface area contributed by atoms with E-state index >= 15 is 0 Å². The number of aromatic amines is 1. The number of hydrogen-bond donors (Lipinski definition) is 4. The average molecular weight is 485 g/mol. The van der Waals surface area contributed by atoms with Gasteiger partial charge in [-0.05, 0) is 63.8 Å². The van der Waals surface area contributed by atoms with Crippen molar-refractivity contribution in [2.24, 2.45) is 0 Å². The summed E-state index contributed by atoms with van der Waals surface area (Å²) in [6, 6.07) is 9.09. The van der Waals surface area contributed by atoms with Crippen LogP contribution in [0.2, 0.25) is 5.02 Å². The monoisotopic (exact) mass is 484 g/mol. The van der Waals surface area contributed by atoms with Crippen molar-refractivity contribution in [2.45, 2.75) is 57.2 Å². The maximum Gasteiger partial charge on any atom is 0.240 e. The smallest absolute Gasteiger partial charge is 0.240 e. The van der Waals surface area contributed by atoms with Crippen LogP contribution in [0, 0.1) is 0 Å². The van der Waals surface area contributed by atoms with Gasteiger partial charge in [-0.25, -0.2) is 9.97 Å². The fraction of sp³-hybridized carbons (Fsp3) is 0.480. The summed E-state index contributed by atoms with van der Waals surface area (Å²) in [6.45, 7) is 7.56. The van der Waals surface area contributed by atoms with Crippen LogP contribution in [0.5, 0.6) is 0 Å². The molecule has 1 amide bonds. The van der Waals surface area contributed by atoms with Gasteiger partial charge in [0.2, 0.25) is 5.91 Å². The lowest BCUT2D eigenvalue weighted by atomic mass is 9.83. The number of nitrogens with zero attached hydrogens (tertiary/aromatic N) is 3. The maximum absolute atomic E-state index is 13.8. The van der Waals surface area contributed by atoms with Gasteiger partial charge in [-0.3, -0.25) is 10.1 Å². The average Bonchev–Trinajstić information content (AvgIpc) is 3.28. The minimum atomic E-state index is -0.737. The topological polar surface area (TPSA) is 106 Å². The number of amides is 1. The zero-order chi connectivity index (χ0) is 24.3. The molecule has 0 spiro atoms. The number of aromatic nitrogens is 3. The van der Waals surface area contributed by atoms with Gasteiger partial charge < -0.3 is 20.3 Å². The molecule has 1 saturated heterocycles. The highest BCUT2D eigenvalue weighted by atomic mass is 35.5. The number of halogens is 1. The fourth-order valence-corrected chi connectivity index (χ4v) is 4.91. The van der Waals surface area contributed by atoms with Crippen molar-refractivity contribution in [1.29, 1.82) is 0 Å². The lowest BCUT2D eigenvalue weighted by Gasteiger charge is -2.45. The molecule has 1 aliphatic heterocycles. The molecule has 2 aromatic heterocycles. The predicted molar refractivity (Wildman–Crippen MR) is 135 cm³/mol. The summed E-state index contributed by atoms with van der Waals surface area (Å²) in [6.07, 6.45) is 5.11. The van der Waals surface area contributed by atoms with E-state index in [1.807, 2.05) is 24.4 Å². The quantitative estimate of drug-likeness (QED) is 0.408. The fourth-order valence-electron chi connectivity index (χ4n) is 4.78. The highest BCUT2D eigenvalue weighted by molar-refractivity contribution is 6.30. The van der Waals surface area contributed by atoms with Gasteiger partial charge in [0.1, 0.15) is 23.3 Å². The van der Waals surface area contributed by atoms with E-state index in [1.165, 1.54) is 0 Å². The Morgan fingerprint density at radius 1 is 1.21 bits per heavy atom. The van der Waals surface area contributed by atoms with Gasteiger partial charge in [0, 0.05) is 36.5 Å². The second kappa shape index (κ2) is 9.90. The second-order valence-corrected chi connectivity index (χ2v) is 10.4. The number of anilines is 1. The SMILES string of the molecule is CC(C)(C)NC1(C(=O)N[C@@H](CCO)c2ccc(Cl)cc2)CCN(c2ncnc3[nH]ccc23)CC1. The minimum Gasteiger partial charge on any atom is -0.396 e. The Morgan fingerprint density at radius 3 is 2.56 bits per heavy atom. The van der Waals surface area contributed by atoms with Crippen LogP contribution in [0.15, 0.2) is 42.9 Å². The number of nitrogens with one attached hydrogen (secondary N) is 3. The molecule has 0 aliphatic carbocycles. The van der Waals surface area contributed by atoms with Gasteiger partial charge in [0.05, 0.1) is 11.4 Å². The van der Waals surface area contributed by atoms with Crippen molar-refractivity contribution < 1.29 is 9.90 Å². The summed E-state index contributed by atoms with van der Waals surface area (Å²) >= 11 is 6.05. The van der Waals surface area contributed by atoms with E-state index in [4.69, 9.17) is 11.6 Å². The van der Waals surface area contributed by atoms with Crippen LogP contribution in [-0.2, 0) is 4.79 Å².